The van der Waals surface area contributed by atoms with Gasteiger partial charge >= 0.3 is 0 Å². The quantitative estimate of drug-likeness (QED) is 0.652. The van der Waals surface area contributed by atoms with E-state index in [-0.39, 0.29) is 37.6 Å². The number of piperazine rings is 1. The Morgan fingerprint density at radius 3 is 2.42 bits per heavy atom. The smallest absolute Gasteiger partial charge is 0.261 e. The SMILES string of the molecule is Cc1ccc(C)c(S(=O)(=O)N2CCN(C(=O)c3ccc(-c4cccs4)[nH]c3=O)CC2)c1. The summed E-state index contributed by atoms with van der Waals surface area (Å²) in [5.74, 6) is -0.386. The van der Waals surface area contributed by atoms with E-state index in [0.717, 1.165) is 10.4 Å². The monoisotopic (exact) mass is 457 g/mol. The number of carbonyl (C=O) groups is 1. The van der Waals surface area contributed by atoms with Crippen LogP contribution >= 0.6 is 11.3 Å². The van der Waals surface area contributed by atoms with E-state index in [4.69, 9.17) is 0 Å². The predicted molar refractivity (Wildman–Crippen MR) is 121 cm³/mol. The molecule has 1 saturated heterocycles. The molecule has 0 spiro atoms. The van der Waals surface area contributed by atoms with Gasteiger partial charge in [0.15, 0.2) is 0 Å². The molecule has 162 valence electrons. The second-order valence-electron chi connectivity index (χ2n) is 7.56. The van der Waals surface area contributed by atoms with Gasteiger partial charge in [0.25, 0.3) is 11.5 Å². The maximum Gasteiger partial charge on any atom is 0.261 e. The van der Waals surface area contributed by atoms with Crippen LogP contribution in [0.1, 0.15) is 21.5 Å². The number of aromatic nitrogens is 1. The second kappa shape index (κ2) is 8.41. The Kier molecular flexibility index (Phi) is 5.83. The topological polar surface area (TPSA) is 90.6 Å². The van der Waals surface area contributed by atoms with Crippen LogP contribution in [0.5, 0.6) is 0 Å². The molecule has 1 fully saturated rings. The molecule has 3 aromatic rings. The van der Waals surface area contributed by atoms with Crippen molar-refractivity contribution in [1.82, 2.24) is 14.2 Å². The molecular weight excluding hydrogens is 434 g/mol. The Morgan fingerprint density at radius 1 is 1.03 bits per heavy atom. The molecule has 1 aliphatic rings. The zero-order chi connectivity index (χ0) is 22.2. The number of carbonyl (C=O) groups excluding carboxylic acids is 1. The Balaban J connectivity index is 1.48. The molecule has 1 amide bonds. The third kappa shape index (κ3) is 4.21. The summed E-state index contributed by atoms with van der Waals surface area (Å²) in [5, 5.41) is 1.92. The largest absolute Gasteiger partial charge is 0.336 e. The van der Waals surface area contributed by atoms with E-state index in [2.05, 4.69) is 4.98 Å². The number of aryl methyl sites for hydroxylation is 2. The molecule has 1 N–H and O–H groups in total. The maximum absolute atomic E-state index is 13.1. The molecule has 0 aliphatic carbocycles. The molecule has 9 heteroatoms. The van der Waals surface area contributed by atoms with Crippen molar-refractivity contribution in [3.8, 4) is 10.6 Å². The molecule has 2 aromatic heterocycles. The lowest BCUT2D eigenvalue weighted by molar-refractivity contribution is 0.0696. The summed E-state index contributed by atoms with van der Waals surface area (Å²) in [6, 6.07) is 12.4. The zero-order valence-corrected chi connectivity index (χ0v) is 18.9. The minimum absolute atomic E-state index is 0.0612. The van der Waals surface area contributed by atoms with Gasteiger partial charge < -0.3 is 9.88 Å². The first kappa shape index (κ1) is 21.5. The van der Waals surface area contributed by atoms with Gasteiger partial charge in [-0.05, 0) is 54.6 Å². The fourth-order valence-corrected chi connectivity index (χ4v) is 6.08. The Hall–Kier alpha value is -2.75. The van der Waals surface area contributed by atoms with Crippen LogP contribution in [-0.4, -0.2) is 54.7 Å². The van der Waals surface area contributed by atoms with Gasteiger partial charge in [-0.2, -0.15) is 4.31 Å². The predicted octanol–water partition coefficient (Wildman–Crippen LogP) is 2.87. The fraction of sp³-hybridized carbons (Fsp3) is 0.273. The average molecular weight is 458 g/mol. The van der Waals surface area contributed by atoms with Crippen LogP contribution in [0, 0.1) is 13.8 Å². The molecule has 3 heterocycles. The zero-order valence-electron chi connectivity index (χ0n) is 17.3. The number of nitrogens with one attached hydrogen (secondary N) is 1. The highest BCUT2D eigenvalue weighted by molar-refractivity contribution is 7.89. The van der Waals surface area contributed by atoms with Crippen molar-refractivity contribution in [3.05, 3.63) is 74.9 Å². The van der Waals surface area contributed by atoms with Gasteiger partial charge in [0.2, 0.25) is 10.0 Å². The molecule has 1 aliphatic heterocycles. The molecular formula is C22H23N3O4S2. The first-order valence-corrected chi connectivity index (χ1v) is 12.2. The van der Waals surface area contributed by atoms with Crippen LogP contribution in [0.25, 0.3) is 10.6 Å². The Labute approximate surface area is 185 Å². The molecule has 0 radical (unpaired) electrons. The van der Waals surface area contributed by atoms with Crippen molar-refractivity contribution in [2.45, 2.75) is 18.7 Å². The number of sulfonamides is 1. The molecule has 4 rings (SSSR count). The number of hydrogen-bond acceptors (Lipinski definition) is 5. The Bertz CT molecular complexity index is 1270. The number of thiophene rings is 1. The van der Waals surface area contributed by atoms with Gasteiger partial charge in [-0.3, -0.25) is 9.59 Å². The van der Waals surface area contributed by atoms with Crippen molar-refractivity contribution in [2.24, 2.45) is 0 Å². The molecule has 1 aromatic carbocycles. The van der Waals surface area contributed by atoms with Crippen LogP contribution in [0.3, 0.4) is 0 Å². The number of hydrogen-bond donors (Lipinski definition) is 1. The lowest BCUT2D eigenvalue weighted by atomic mass is 10.2. The van der Waals surface area contributed by atoms with Gasteiger partial charge in [0, 0.05) is 26.2 Å². The normalized spacial score (nSPS) is 15.2. The summed E-state index contributed by atoms with van der Waals surface area (Å²) >= 11 is 1.50. The summed E-state index contributed by atoms with van der Waals surface area (Å²) in [6.07, 6.45) is 0. The van der Waals surface area contributed by atoms with Crippen LogP contribution in [-0.2, 0) is 10.0 Å². The second-order valence-corrected chi connectivity index (χ2v) is 10.4. The summed E-state index contributed by atoms with van der Waals surface area (Å²) in [5.41, 5.74) is 1.86. The molecule has 0 bridgehead atoms. The number of nitrogens with zero attached hydrogens (tertiary/aromatic N) is 2. The van der Waals surface area contributed by atoms with Crippen molar-refractivity contribution >= 4 is 27.3 Å². The highest BCUT2D eigenvalue weighted by Gasteiger charge is 2.32. The van der Waals surface area contributed by atoms with Crippen molar-refractivity contribution in [2.75, 3.05) is 26.2 Å². The standard InChI is InChI=1S/C22H23N3O4S2/c1-15-5-6-16(2)20(14-15)31(28,29)25-11-9-24(10-12-25)22(27)17-7-8-18(23-21(17)26)19-4-3-13-30-19/h3-8,13-14H,9-12H2,1-2H3,(H,23,26). The van der Waals surface area contributed by atoms with E-state index in [0.29, 0.717) is 16.2 Å². The van der Waals surface area contributed by atoms with E-state index in [9.17, 15) is 18.0 Å². The van der Waals surface area contributed by atoms with Crippen LogP contribution in [0.15, 0.2) is 57.5 Å². The van der Waals surface area contributed by atoms with Crippen LogP contribution in [0.2, 0.25) is 0 Å². The number of aromatic amines is 1. The van der Waals surface area contributed by atoms with E-state index in [1.54, 1.807) is 25.1 Å². The maximum atomic E-state index is 13.1. The van der Waals surface area contributed by atoms with Gasteiger partial charge in [-0.25, -0.2) is 8.42 Å². The number of H-pyrrole nitrogens is 1. The molecule has 0 atom stereocenters. The molecule has 0 saturated carbocycles. The highest BCUT2D eigenvalue weighted by Crippen LogP contribution is 2.24. The van der Waals surface area contributed by atoms with Crippen LogP contribution in [0.4, 0.5) is 0 Å². The van der Waals surface area contributed by atoms with Crippen molar-refractivity contribution in [1.29, 1.82) is 0 Å². The van der Waals surface area contributed by atoms with Gasteiger partial charge in [0.1, 0.15) is 5.56 Å². The van der Waals surface area contributed by atoms with E-state index < -0.39 is 15.6 Å². The average Bonchev–Trinajstić information content (AvgIpc) is 3.30. The number of pyridine rings is 1. The van der Waals surface area contributed by atoms with Gasteiger partial charge in [-0.1, -0.05) is 18.2 Å². The third-order valence-electron chi connectivity index (χ3n) is 5.41. The lowest BCUT2D eigenvalue weighted by Gasteiger charge is -2.34. The first-order valence-electron chi connectivity index (χ1n) is 9.91. The number of benzene rings is 1. The van der Waals surface area contributed by atoms with E-state index >= 15 is 0 Å². The summed E-state index contributed by atoms with van der Waals surface area (Å²) in [4.78, 5) is 30.9. The van der Waals surface area contributed by atoms with Crippen LogP contribution < -0.4 is 5.56 Å². The minimum Gasteiger partial charge on any atom is -0.336 e. The van der Waals surface area contributed by atoms with Crippen molar-refractivity contribution in [3.63, 3.8) is 0 Å². The molecule has 31 heavy (non-hydrogen) atoms. The summed E-state index contributed by atoms with van der Waals surface area (Å²) in [6.45, 7) is 4.47. The summed E-state index contributed by atoms with van der Waals surface area (Å²) in [7, 11) is -3.64. The number of amides is 1. The summed E-state index contributed by atoms with van der Waals surface area (Å²) < 4.78 is 27.6. The minimum atomic E-state index is -3.64. The highest BCUT2D eigenvalue weighted by atomic mass is 32.2. The Morgan fingerprint density at radius 2 is 1.77 bits per heavy atom. The van der Waals surface area contributed by atoms with E-state index in [1.807, 2.05) is 30.5 Å². The number of rotatable bonds is 4. The van der Waals surface area contributed by atoms with E-state index in [1.165, 1.54) is 26.6 Å². The van der Waals surface area contributed by atoms with Gasteiger partial charge in [0.05, 0.1) is 15.5 Å². The fourth-order valence-electron chi connectivity index (χ4n) is 3.64. The first-order chi connectivity index (χ1) is 14.8. The third-order valence-corrected chi connectivity index (χ3v) is 8.36. The molecule has 0 unspecified atom stereocenters. The van der Waals surface area contributed by atoms with Crippen molar-refractivity contribution < 1.29 is 13.2 Å². The lowest BCUT2D eigenvalue weighted by Crippen LogP contribution is -2.51. The van der Waals surface area contributed by atoms with Gasteiger partial charge in [-0.15, -0.1) is 11.3 Å². The molecule has 7 nitrogen and oxygen atoms in total.